The third-order valence-electron chi connectivity index (χ3n) is 8.82. The fraction of sp³-hybridized carbons (Fsp3) is 0.394. The average Bonchev–Trinajstić information content (AvgIpc) is 3.43. The largest absolute Gasteiger partial charge is 0.416 e. The fourth-order valence-electron chi connectivity index (χ4n) is 6.53. The molecule has 0 bridgehead atoms. The average molecular weight is 630 g/mol. The van der Waals surface area contributed by atoms with Crippen molar-refractivity contribution < 1.29 is 31.1 Å². The van der Waals surface area contributed by atoms with Crippen molar-refractivity contribution in [1.29, 1.82) is 0 Å². The van der Waals surface area contributed by atoms with Crippen molar-refractivity contribution in [1.82, 2.24) is 24.1 Å². The van der Waals surface area contributed by atoms with Gasteiger partial charge < -0.3 is 9.30 Å². The monoisotopic (exact) mass is 629 g/mol. The molecule has 12 heteroatoms. The summed E-state index contributed by atoms with van der Waals surface area (Å²) in [6.07, 6.45) is -4.46. The van der Waals surface area contributed by atoms with E-state index < -0.39 is 41.0 Å². The van der Waals surface area contributed by atoms with E-state index in [9.17, 15) is 31.1 Å². The molecule has 4 aromatic rings. The zero-order chi connectivity index (χ0) is 31.8. The molecule has 0 aliphatic carbocycles. The van der Waals surface area contributed by atoms with Gasteiger partial charge in [-0.25, -0.2) is 4.98 Å². The summed E-state index contributed by atoms with van der Waals surface area (Å²) in [7, 11) is 0. The maximum atomic E-state index is 13.7. The van der Waals surface area contributed by atoms with Crippen LogP contribution in [0.15, 0.2) is 79.1 Å². The minimum Gasteiger partial charge on any atom is -0.335 e. The van der Waals surface area contributed by atoms with Crippen molar-refractivity contribution in [2.75, 3.05) is 32.7 Å². The second-order valence-electron chi connectivity index (χ2n) is 11.8. The molecule has 0 saturated carbocycles. The Balaban J connectivity index is 1.17. The van der Waals surface area contributed by atoms with E-state index in [-0.39, 0.29) is 18.7 Å². The summed E-state index contributed by atoms with van der Waals surface area (Å²) < 4.78 is 83.3. The van der Waals surface area contributed by atoms with Crippen LogP contribution < -0.4 is 0 Å². The Morgan fingerprint density at radius 3 is 2.13 bits per heavy atom. The second-order valence-corrected chi connectivity index (χ2v) is 11.8. The summed E-state index contributed by atoms with van der Waals surface area (Å²) >= 11 is 0. The van der Waals surface area contributed by atoms with E-state index in [1.54, 1.807) is 0 Å². The van der Waals surface area contributed by atoms with E-state index in [1.807, 2.05) is 65.3 Å². The van der Waals surface area contributed by atoms with Crippen molar-refractivity contribution in [3.05, 3.63) is 107 Å². The topological polar surface area (TPSA) is 44.1 Å². The predicted molar refractivity (Wildman–Crippen MR) is 156 cm³/mol. The smallest absolute Gasteiger partial charge is 0.335 e. The number of amides is 1. The second kappa shape index (κ2) is 12.5. The quantitative estimate of drug-likeness (QED) is 0.232. The molecule has 238 valence electrons. The molecule has 0 spiro atoms. The first-order valence-electron chi connectivity index (χ1n) is 15.0. The van der Waals surface area contributed by atoms with Gasteiger partial charge in [0.25, 0.3) is 5.91 Å². The summed E-state index contributed by atoms with van der Waals surface area (Å²) in [6.45, 7) is 4.26. The van der Waals surface area contributed by atoms with E-state index in [4.69, 9.17) is 4.98 Å². The highest BCUT2D eigenvalue weighted by molar-refractivity contribution is 5.95. The van der Waals surface area contributed by atoms with Crippen LogP contribution in [0, 0.1) is 0 Å². The Morgan fingerprint density at radius 2 is 1.49 bits per heavy atom. The van der Waals surface area contributed by atoms with Gasteiger partial charge in [0.15, 0.2) is 0 Å². The molecule has 1 amide bonds. The molecule has 2 fully saturated rings. The van der Waals surface area contributed by atoms with Crippen molar-refractivity contribution in [2.45, 2.75) is 50.2 Å². The van der Waals surface area contributed by atoms with Gasteiger partial charge >= 0.3 is 12.4 Å². The summed E-state index contributed by atoms with van der Waals surface area (Å²) in [5.41, 5.74) is -0.745. The van der Waals surface area contributed by atoms with Gasteiger partial charge in [0.2, 0.25) is 0 Å². The molecule has 4 heterocycles. The number of carbonyl (C=O) groups is 1. The summed E-state index contributed by atoms with van der Waals surface area (Å²) in [5, 5.41) is 0. The maximum absolute atomic E-state index is 13.7. The lowest BCUT2D eigenvalue weighted by molar-refractivity contribution is -0.143. The number of carbonyl (C=O) groups excluding carboxylic acids is 1. The Bertz CT molecular complexity index is 1560. The first kappa shape index (κ1) is 31.1. The first-order chi connectivity index (χ1) is 21.4. The zero-order valence-electron chi connectivity index (χ0n) is 24.4. The van der Waals surface area contributed by atoms with Crippen LogP contribution in [0.25, 0.3) is 5.65 Å². The SMILES string of the molecule is O=C(c1cc(C(F)(F)F)cc(C(F)(F)F)c1)N1CC[C@@H](N2CCN(Cc3cn4ccccc4n3)CC2)C[C@H]1Cc1ccccc1. The molecule has 2 aromatic heterocycles. The number of hydrogen-bond donors (Lipinski definition) is 0. The number of rotatable bonds is 6. The normalized spacial score (nSPS) is 20.5. The van der Waals surface area contributed by atoms with Crippen LogP contribution >= 0.6 is 0 Å². The van der Waals surface area contributed by atoms with E-state index in [1.165, 1.54) is 4.90 Å². The number of halogens is 6. The number of aromatic nitrogens is 2. The highest BCUT2D eigenvalue weighted by Crippen LogP contribution is 2.37. The molecular formula is C33H33F6N5O. The van der Waals surface area contributed by atoms with Gasteiger partial charge in [0, 0.05) is 69.3 Å². The number of fused-ring (bicyclic) bond motifs is 1. The number of piperazine rings is 1. The molecule has 2 saturated heterocycles. The molecule has 2 aliphatic rings. The Hall–Kier alpha value is -3.90. The van der Waals surface area contributed by atoms with Crippen molar-refractivity contribution in [2.24, 2.45) is 0 Å². The summed E-state index contributed by atoms with van der Waals surface area (Å²) in [5.74, 6) is -0.816. The number of likely N-dealkylation sites (tertiary alicyclic amines) is 1. The van der Waals surface area contributed by atoms with E-state index >= 15 is 0 Å². The number of hydrogen-bond acceptors (Lipinski definition) is 4. The molecule has 2 aliphatic heterocycles. The van der Waals surface area contributed by atoms with Gasteiger partial charge in [0.1, 0.15) is 5.65 Å². The van der Waals surface area contributed by atoms with E-state index in [0.29, 0.717) is 31.4 Å². The molecule has 45 heavy (non-hydrogen) atoms. The number of imidazole rings is 1. The molecule has 2 aromatic carbocycles. The number of alkyl halides is 6. The summed E-state index contributed by atoms with van der Waals surface area (Å²) in [6, 6.07) is 16.2. The number of pyridine rings is 1. The van der Waals surface area contributed by atoms with Crippen LogP contribution in [0.1, 0.15) is 45.6 Å². The van der Waals surface area contributed by atoms with Gasteiger partial charge in [0.05, 0.1) is 16.8 Å². The van der Waals surface area contributed by atoms with Gasteiger partial charge in [-0.1, -0.05) is 36.4 Å². The Morgan fingerprint density at radius 1 is 0.822 bits per heavy atom. The summed E-state index contributed by atoms with van der Waals surface area (Å²) in [4.78, 5) is 24.6. The molecule has 6 rings (SSSR count). The van der Waals surface area contributed by atoms with Crippen LogP contribution in [0.3, 0.4) is 0 Å². The van der Waals surface area contributed by atoms with Crippen LogP contribution in [0.2, 0.25) is 0 Å². The van der Waals surface area contributed by atoms with Crippen molar-refractivity contribution >= 4 is 11.6 Å². The lowest BCUT2D eigenvalue weighted by atomic mass is 9.90. The standard InChI is InChI=1S/C33H33F6N5O/c34-32(35,36)25-17-24(18-26(19-25)33(37,38)39)31(45)44-11-9-28(20-29(44)16-23-6-2-1-3-7-23)42-14-12-41(13-15-42)21-27-22-43-10-5-4-8-30(43)40-27/h1-8,10,17-19,22,28-29H,9,11-16,20-21H2/t28-,29-/m1/s1. The number of benzene rings is 2. The highest BCUT2D eigenvalue weighted by Gasteiger charge is 2.40. The Labute approximate surface area is 256 Å². The molecule has 0 radical (unpaired) electrons. The van der Waals surface area contributed by atoms with Crippen LogP contribution in [-0.4, -0.2) is 74.8 Å². The molecule has 0 unspecified atom stereocenters. The fourth-order valence-corrected chi connectivity index (χ4v) is 6.53. The third kappa shape index (κ3) is 7.17. The number of nitrogens with zero attached hydrogens (tertiary/aromatic N) is 5. The lowest BCUT2D eigenvalue weighted by Crippen LogP contribution is -2.56. The molecule has 0 N–H and O–H groups in total. The van der Waals surface area contributed by atoms with Crippen LogP contribution in [0.4, 0.5) is 26.3 Å². The maximum Gasteiger partial charge on any atom is 0.416 e. The predicted octanol–water partition coefficient (Wildman–Crippen LogP) is 6.41. The van der Waals surface area contributed by atoms with Gasteiger partial charge in [-0.2, -0.15) is 26.3 Å². The third-order valence-corrected chi connectivity index (χ3v) is 8.82. The van der Waals surface area contributed by atoms with E-state index in [0.717, 1.165) is 49.6 Å². The minimum absolute atomic E-state index is 0.0547. The molecule has 6 nitrogen and oxygen atoms in total. The first-order valence-corrected chi connectivity index (χ1v) is 15.0. The minimum atomic E-state index is -5.03. The zero-order valence-corrected chi connectivity index (χ0v) is 24.4. The highest BCUT2D eigenvalue weighted by atomic mass is 19.4. The lowest BCUT2D eigenvalue weighted by Gasteiger charge is -2.46. The van der Waals surface area contributed by atoms with E-state index in [2.05, 4.69) is 9.80 Å². The molecular weight excluding hydrogens is 596 g/mol. The van der Waals surface area contributed by atoms with Crippen LogP contribution in [0.5, 0.6) is 0 Å². The van der Waals surface area contributed by atoms with Crippen molar-refractivity contribution in [3.63, 3.8) is 0 Å². The number of piperidine rings is 1. The van der Waals surface area contributed by atoms with Gasteiger partial charge in [-0.15, -0.1) is 0 Å². The Kier molecular flexibility index (Phi) is 8.62. The van der Waals surface area contributed by atoms with Crippen LogP contribution in [-0.2, 0) is 25.3 Å². The molecule has 2 atom stereocenters. The van der Waals surface area contributed by atoms with Gasteiger partial charge in [-0.3, -0.25) is 14.6 Å². The van der Waals surface area contributed by atoms with Crippen molar-refractivity contribution in [3.8, 4) is 0 Å². The van der Waals surface area contributed by atoms with Gasteiger partial charge in [-0.05, 0) is 55.2 Å².